The Bertz CT molecular complexity index is 527. The van der Waals surface area contributed by atoms with Crippen molar-refractivity contribution in [2.75, 3.05) is 12.3 Å². The topological polar surface area (TPSA) is 72.2 Å². The quantitative estimate of drug-likeness (QED) is 0.808. The second-order valence-corrected chi connectivity index (χ2v) is 6.76. The van der Waals surface area contributed by atoms with E-state index < -0.39 is 15.8 Å². The zero-order valence-electron chi connectivity index (χ0n) is 10.8. The fourth-order valence-corrected chi connectivity index (χ4v) is 2.61. The second-order valence-electron chi connectivity index (χ2n) is 5.02. The Morgan fingerprint density at radius 2 is 2.00 bits per heavy atom. The Morgan fingerprint density at radius 3 is 2.50 bits per heavy atom. The molecule has 0 radical (unpaired) electrons. The number of hydrogen-bond acceptors (Lipinski definition) is 3. The molecule has 1 rings (SSSR count). The first-order chi connectivity index (χ1) is 8.18. The maximum atomic E-state index is 12.9. The number of hydrogen-bond donors (Lipinski definition) is 2. The molecule has 0 atom stereocenters. The van der Waals surface area contributed by atoms with Gasteiger partial charge in [0.2, 0.25) is 10.0 Å². The van der Waals surface area contributed by atoms with Crippen molar-refractivity contribution in [3.05, 3.63) is 24.0 Å². The second kappa shape index (κ2) is 5.24. The molecular weight excluding hydrogens is 255 g/mol. The van der Waals surface area contributed by atoms with Crippen LogP contribution in [0.1, 0.15) is 27.2 Å². The highest BCUT2D eigenvalue weighted by molar-refractivity contribution is 7.89. The van der Waals surface area contributed by atoms with E-state index in [0.717, 1.165) is 18.6 Å². The van der Waals surface area contributed by atoms with E-state index in [1.54, 1.807) is 0 Å². The summed E-state index contributed by atoms with van der Waals surface area (Å²) >= 11 is 0. The molecule has 0 heterocycles. The van der Waals surface area contributed by atoms with E-state index in [0.29, 0.717) is 6.54 Å². The van der Waals surface area contributed by atoms with Crippen molar-refractivity contribution < 1.29 is 12.8 Å². The number of benzene rings is 1. The first kappa shape index (κ1) is 14.9. The van der Waals surface area contributed by atoms with Crippen molar-refractivity contribution in [3.8, 4) is 0 Å². The first-order valence-electron chi connectivity index (χ1n) is 5.73. The van der Waals surface area contributed by atoms with Crippen LogP contribution in [-0.2, 0) is 10.0 Å². The van der Waals surface area contributed by atoms with Crippen LogP contribution in [0.3, 0.4) is 0 Å². The van der Waals surface area contributed by atoms with Gasteiger partial charge in [-0.3, -0.25) is 0 Å². The molecule has 0 bridgehead atoms. The summed E-state index contributed by atoms with van der Waals surface area (Å²) in [6.07, 6.45) is 0.842. The standard InChI is InChI=1S/C12H19FN2O2S/c1-4-12(2,3)8-15-18(16,17)11-6-5-9(13)7-10(11)14/h5-7,15H,4,8,14H2,1-3H3. The summed E-state index contributed by atoms with van der Waals surface area (Å²) in [6, 6.07) is 3.25. The van der Waals surface area contributed by atoms with E-state index in [2.05, 4.69) is 4.72 Å². The Morgan fingerprint density at radius 1 is 1.39 bits per heavy atom. The van der Waals surface area contributed by atoms with Crippen LogP contribution in [0.5, 0.6) is 0 Å². The van der Waals surface area contributed by atoms with E-state index in [-0.39, 0.29) is 16.0 Å². The average molecular weight is 274 g/mol. The minimum Gasteiger partial charge on any atom is -0.398 e. The lowest BCUT2D eigenvalue weighted by Gasteiger charge is -2.23. The Labute approximate surface area is 107 Å². The third kappa shape index (κ3) is 3.68. The summed E-state index contributed by atoms with van der Waals surface area (Å²) in [4.78, 5) is -0.0872. The summed E-state index contributed by atoms with van der Waals surface area (Å²) in [5, 5.41) is 0. The zero-order chi connectivity index (χ0) is 14.0. The van der Waals surface area contributed by atoms with Gasteiger partial charge in [-0.15, -0.1) is 0 Å². The third-order valence-corrected chi connectivity index (χ3v) is 4.43. The lowest BCUT2D eigenvalue weighted by molar-refractivity contribution is 0.350. The summed E-state index contributed by atoms with van der Waals surface area (Å²) in [5.41, 5.74) is 5.30. The van der Waals surface area contributed by atoms with Gasteiger partial charge in [-0.2, -0.15) is 0 Å². The largest absolute Gasteiger partial charge is 0.398 e. The van der Waals surface area contributed by atoms with Gasteiger partial charge in [0, 0.05) is 6.54 Å². The molecule has 0 amide bonds. The molecule has 0 aliphatic carbocycles. The van der Waals surface area contributed by atoms with Gasteiger partial charge < -0.3 is 5.73 Å². The summed E-state index contributed by atoms with van der Waals surface area (Å²) in [6.45, 7) is 6.22. The van der Waals surface area contributed by atoms with Gasteiger partial charge in [-0.1, -0.05) is 20.8 Å². The average Bonchev–Trinajstić information content (AvgIpc) is 2.26. The van der Waals surface area contributed by atoms with Crippen molar-refractivity contribution in [2.45, 2.75) is 32.1 Å². The van der Waals surface area contributed by atoms with Crippen LogP contribution < -0.4 is 10.5 Å². The number of sulfonamides is 1. The maximum absolute atomic E-state index is 12.9. The van der Waals surface area contributed by atoms with Gasteiger partial charge >= 0.3 is 0 Å². The summed E-state index contributed by atoms with van der Waals surface area (Å²) < 4.78 is 39.4. The van der Waals surface area contributed by atoms with E-state index in [9.17, 15) is 12.8 Å². The molecule has 3 N–H and O–H groups in total. The Balaban J connectivity index is 2.94. The molecule has 0 saturated carbocycles. The lowest BCUT2D eigenvalue weighted by atomic mass is 9.91. The number of nitrogens with one attached hydrogen (secondary N) is 1. The van der Waals surface area contributed by atoms with Gasteiger partial charge in [0.05, 0.1) is 5.69 Å². The fourth-order valence-electron chi connectivity index (χ4n) is 1.26. The predicted octanol–water partition coefficient (Wildman–Crippen LogP) is 2.12. The molecule has 18 heavy (non-hydrogen) atoms. The van der Waals surface area contributed by atoms with Gasteiger partial charge in [0.1, 0.15) is 10.7 Å². The van der Waals surface area contributed by atoms with E-state index in [4.69, 9.17) is 5.73 Å². The van der Waals surface area contributed by atoms with Crippen molar-refractivity contribution in [1.82, 2.24) is 4.72 Å². The molecule has 0 aromatic heterocycles. The highest BCUT2D eigenvalue weighted by Crippen LogP contribution is 2.22. The normalized spacial score (nSPS) is 12.7. The number of rotatable bonds is 5. The molecule has 0 spiro atoms. The summed E-state index contributed by atoms with van der Waals surface area (Å²) in [5.74, 6) is -0.555. The highest BCUT2D eigenvalue weighted by atomic mass is 32.2. The van der Waals surface area contributed by atoms with Crippen molar-refractivity contribution in [3.63, 3.8) is 0 Å². The molecule has 0 fully saturated rings. The van der Waals surface area contributed by atoms with Gasteiger partial charge in [0.25, 0.3) is 0 Å². The number of nitrogen functional groups attached to an aromatic ring is 1. The minimum atomic E-state index is -3.69. The molecule has 0 unspecified atom stereocenters. The fraction of sp³-hybridized carbons (Fsp3) is 0.500. The molecule has 1 aromatic carbocycles. The highest BCUT2D eigenvalue weighted by Gasteiger charge is 2.22. The van der Waals surface area contributed by atoms with Crippen LogP contribution in [0.15, 0.2) is 23.1 Å². The molecule has 6 heteroatoms. The van der Waals surface area contributed by atoms with Crippen LogP contribution in [0.4, 0.5) is 10.1 Å². The molecule has 0 aliphatic heterocycles. The third-order valence-electron chi connectivity index (χ3n) is 2.96. The molecule has 4 nitrogen and oxygen atoms in total. The van der Waals surface area contributed by atoms with Gasteiger partial charge in [-0.05, 0) is 30.0 Å². The number of halogens is 1. The van der Waals surface area contributed by atoms with Crippen LogP contribution in [0.25, 0.3) is 0 Å². The van der Waals surface area contributed by atoms with Crippen molar-refractivity contribution in [2.24, 2.45) is 5.41 Å². The Kier molecular flexibility index (Phi) is 4.34. The SMILES string of the molecule is CCC(C)(C)CNS(=O)(=O)c1ccc(F)cc1N. The molecule has 1 aromatic rings. The van der Waals surface area contributed by atoms with Crippen LogP contribution in [-0.4, -0.2) is 15.0 Å². The van der Waals surface area contributed by atoms with E-state index in [1.807, 2.05) is 20.8 Å². The summed E-state index contributed by atoms with van der Waals surface area (Å²) in [7, 11) is -3.69. The van der Waals surface area contributed by atoms with Crippen molar-refractivity contribution in [1.29, 1.82) is 0 Å². The number of anilines is 1. The van der Waals surface area contributed by atoms with Crippen LogP contribution in [0.2, 0.25) is 0 Å². The molecule has 0 saturated heterocycles. The molecular formula is C12H19FN2O2S. The van der Waals surface area contributed by atoms with E-state index in [1.165, 1.54) is 6.07 Å². The Hall–Kier alpha value is -1.14. The maximum Gasteiger partial charge on any atom is 0.242 e. The smallest absolute Gasteiger partial charge is 0.242 e. The van der Waals surface area contributed by atoms with Crippen LogP contribution >= 0.6 is 0 Å². The monoisotopic (exact) mass is 274 g/mol. The lowest BCUT2D eigenvalue weighted by Crippen LogP contribution is -2.34. The van der Waals surface area contributed by atoms with E-state index >= 15 is 0 Å². The van der Waals surface area contributed by atoms with Gasteiger partial charge in [-0.25, -0.2) is 17.5 Å². The molecule has 0 aliphatic rings. The number of nitrogens with two attached hydrogens (primary N) is 1. The molecule has 102 valence electrons. The van der Waals surface area contributed by atoms with Gasteiger partial charge in [0.15, 0.2) is 0 Å². The van der Waals surface area contributed by atoms with Crippen LogP contribution in [0, 0.1) is 11.2 Å². The zero-order valence-corrected chi connectivity index (χ0v) is 11.6. The van der Waals surface area contributed by atoms with Crippen molar-refractivity contribution >= 4 is 15.7 Å². The predicted molar refractivity (Wildman–Crippen MR) is 70.1 cm³/mol. The first-order valence-corrected chi connectivity index (χ1v) is 7.21. The minimum absolute atomic E-state index is 0.0863.